The molecule has 2 atom stereocenters. The molecule has 1 aromatic heterocycles. The fourth-order valence-corrected chi connectivity index (χ4v) is 2.36. The molecule has 18 heavy (non-hydrogen) atoms. The van der Waals surface area contributed by atoms with Crippen LogP contribution in [0.25, 0.3) is 11.0 Å². The van der Waals surface area contributed by atoms with E-state index in [0.29, 0.717) is 0 Å². The Bertz CT molecular complexity index is 559. The van der Waals surface area contributed by atoms with Crippen LogP contribution in [0.1, 0.15) is 18.5 Å². The molecular formula is C14H17NO3. The van der Waals surface area contributed by atoms with E-state index in [1.807, 2.05) is 43.3 Å². The van der Waals surface area contributed by atoms with Crippen molar-refractivity contribution in [1.82, 2.24) is 4.90 Å². The summed E-state index contributed by atoms with van der Waals surface area (Å²) in [5.41, 5.74) is 1.71. The average Bonchev–Trinajstić information content (AvgIpc) is 2.73. The minimum Gasteiger partial charge on any atom is -0.481 e. The van der Waals surface area contributed by atoms with Gasteiger partial charge >= 0.3 is 5.97 Å². The van der Waals surface area contributed by atoms with Gasteiger partial charge in [0.05, 0.1) is 18.2 Å². The second-order valence-corrected chi connectivity index (χ2v) is 4.72. The monoisotopic (exact) mass is 247 g/mol. The van der Waals surface area contributed by atoms with Gasteiger partial charge in [-0.05, 0) is 20.2 Å². The minimum atomic E-state index is -0.806. The molecule has 0 bridgehead atoms. The Morgan fingerprint density at radius 1 is 1.33 bits per heavy atom. The molecule has 2 unspecified atom stereocenters. The van der Waals surface area contributed by atoms with Gasteiger partial charge in [-0.1, -0.05) is 25.1 Å². The lowest BCUT2D eigenvalue weighted by molar-refractivity contribution is -0.143. The van der Waals surface area contributed by atoms with Crippen molar-refractivity contribution in [3.63, 3.8) is 0 Å². The van der Waals surface area contributed by atoms with E-state index in [9.17, 15) is 9.90 Å². The van der Waals surface area contributed by atoms with Crippen molar-refractivity contribution >= 4 is 16.9 Å². The Labute approximate surface area is 106 Å². The fraction of sp³-hybridized carbons (Fsp3) is 0.357. The number of fused-ring (bicyclic) bond motifs is 1. The van der Waals surface area contributed by atoms with Gasteiger partial charge < -0.3 is 14.4 Å². The first-order valence-corrected chi connectivity index (χ1v) is 5.87. The molecule has 0 fully saturated rings. The zero-order valence-electron chi connectivity index (χ0n) is 10.8. The molecule has 0 aliphatic carbocycles. The van der Waals surface area contributed by atoms with Crippen LogP contribution in [-0.4, -0.2) is 30.1 Å². The lowest BCUT2D eigenvalue weighted by atomic mass is 9.93. The Morgan fingerprint density at radius 3 is 2.61 bits per heavy atom. The highest BCUT2D eigenvalue weighted by atomic mass is 16.4. The minimum absolute atomic E-state index is 0.203. The van der Waals surface area contributed by atoms with Crippen LogP contribution in [-0.2, 0) is 4.79 Å². The van der Waals surface area contributed by atoms with Crippen LogP contribution < -0.4 is 0 Å². The molecular weight excluding hydrogens is 230 g/mol. The number of carboxylic acid groups (broad SMARTS) is 1. The first-order valence-electron chi connectivity index (χ1n) is 5.87. The first kappa shape index (κ1) is 12.6. The summed E-state index contributed by atoms with van der Waals surface area (Å²) < 4.78 is 5.49. The molecule has 0 aliphatic heterocycles. The third-order valence-corrected chi connectivity index (χ3v) is 3.25. The number of carboxylic acids is 1. The standard InChI is InChI=1S/C14H17NO3/c1-9(14(16)17)13(15(2)3)11-8-18-12-7-5-4-6-10(11)12/h4-9,13H,1-3H3,(H,16,17). The third kappa shape index (κ3) is 2.11. The van der Waals surface area contributed by atoms with Gasteiger partial charge in [0.15, 0.2) is 0 Å². The summed E-state index contributed by atoms with van der Waals surface area (Å²) in [6, 6.07) is 7.47. The average molecular weight is 247 g/mol. The van der Waals surface area contributed by atoms with Crippen molar-refractivity contribution in [3.8, 4) is 0 Å². The van der Waals surface area contributed by atoms with E-state index < -0.39 is 11.9 Å². The van der Waals surface area contributed by atoms with Gasteiger partial charge in [-0.25, -0.2) is 0 Å². The quantitative estimate of drug-likeness (QED) is 0.902. The molecule has 4 nitrogen and oxygen atoms in total. The molecule has 2 aromatic rings. The molecule has 0 radical (unpaired) electrons. The lowest BCUT2D eigenvalue weighted by Crippen LogP contribution is -2.30. The summed E-state index contributed by atoms with van der Waals surface area (Å²) in [4.78, 5) is 13.1. The van der Waals surface area contributed by atoms with E-state index in [1.54, 1.807) is 13.2 Å². The Morgan fingerprint density at radius 2 is 2.00 bits per heavy atom. The number of hydrogen-bond donors (Lipinski definition) is 1. The molecule has 0 spiro atoms. The maximum atomic E-state index is 11.2. The zero-order valence-corrected chi connectivity index (χ0v) is 10.8. The highest BCUT2D eigenvalue weighted by Gasteiger charge is 2.29. The van der Waals surface area contributed by atoms with E-state index in [-0.39, 0.29) is 6.04 Å². The van der Waals surface area contributed by atoms with Gasteiger partial charge in [0.2, 0.25) is 0 Å². The molecule has 0 aliphatic rings. The van der Waals surface area contributed by atoms with Crippen LogP contribution in [0, 0.1) is 5.92 Å². The van der Waals surface area contributed by atoms with E-state index in [2.05, 4.69) is 0 Å². The molecule has 0 saturated heterocycles. The first-order chi connectivity index (χ1) is 8.52. The fourth-order valence-electron chi connectivity index (χ4n) is 2.36. The van der Waals surface area contributed by atoms with Gasteiger partial charge in [0.25, 0.3) is 0 Å². The van der Waals surface area contributed by atoms with Gasteiger partial charge in [-0.15, -0.1) is 0 Å². The third-order valence-electron chi connectivity index (χ3n) is 3.25. The smallest absolute Gasteiger partial charge is 0.308 e. The van der Waals surface area contributed by atoms with Gasteiger partial charge in [-0.2, -0.15) is 0 Å². The number of hydrogen-bond acceptors (Lipinski definition) is 3. The van der Waals surface area contributed by atoms with Crippen molar-refractivity contribution < 1.29 is 14.3 Å². The second kappa shape index (κ2) is 4.82. The second-order valence-electron chi connectivity index (χ2n) is 4.72. The van der Waals surface area contributed by atoms with E-state index >= 15 is 0 Å². The molecule has 1 aromatic carbocycles. The number of carbonyl (C=O) groups is 1. The summed E-state index contributed by atoms with van der Waals surface area (Å²) in [6.45, 7) is 1.72. The van der Waals surface area contributed by atoms with Crippen molar-refractivity contribution in [2.45, 2.75) is 13.0 Å². The number of nitrogens with zero attached hydrogens (tertiary/aromatic N) is 1. The maximum Gasteiger partial charge on any atom is 0.308 e. The zero-order chi connectivity index (χ0) is 13.3. The summed E-state index contributed by atoms with van der Waals surface area (Å²) in [5.74, 6) is -1.31. The van der Waals surface area contributed by atoms with Crippen LogP contribution in [0.5, 0.6) is 0 Å². The van der Waals surface area contributed by atoms with Gasteiger partial charge in [-0.3, -0.25) is 4.79 Å². The van der Waals surface area contributed by atoms with Crippen LogP contribution in [0.15, 0.2) is 34.9 Å². The molecule has 2 rings (SSSR count). The van der Waals surface area contributed by atoms with Crippen molar-refractivity contribution in [2.24, 2.45) is 5.92 Å². The molecule has 0 saturated carbocycles. The van der Waals surface area contributed by atoms with Gasteiger partial charge in [0, 0.05) is 10.9 Å². The number of furan rings is 1. The predicted molar refractivity (Wildman–Crippen MR) is 69.4 cm³/mol. The van der Waals surface area contributed by atoms with Crippen LogP contribution in [0.3, 0.4) is 0 Å². The lowest BCUT2D eigenvalue weighted by Gasteiger charge is -2.27. The highest BCUT2D eigenvalue weighted by Crippen LogP contribution is 2.33. The molecule has 1 N–H and O–H groups in total. The van der Waals surface area contributed by atoms with E-state index in [1.165, 1.54) is 0 Å². The largest absolute Gasteiger partial charge is 0.481 e. The van der Waals surface area contributed by atoms with E-state index in [4.69, 9.17) is 4.42 Å². The van der Waals surface area contributed by atoms with Crippen LogP contribution in [0.4, 0.5) is 0 Å². The molecule has 96 valence electrons. The van der Waals surface area contributed by atoms with Crippen molar-refractivity contribution in [3.05, 3.63) is 36.1 Å². The van der Waals surface area contributed by atoms with Crippen LogP contribution in [0.2, 0.25) is 0 Å². The SMILES string of the molecule is CC(C(=O)O)C(c1coc2ccccc12)N(C)C. The Balaban J connectivity index is 2.52. The number of aliphatic carboxylic acids is 1. The number of rotatable bonds is 4. The summed E-state index contributed by atoms with van der Waals surface area (Å²) in [7, 11) is 3.76. The Kier molecular flexibility index (Phi) is 3.39. The van der Waals surface area contributed by atoms with E-state index in [0.717, 1.165) is 16.5 Å². The topological polar surface area (TPSA) is 53.7 Å². The van der Waals surface area contributed by atoms with Crippen molar-refractivity contribution in [1.29, 1.82) is 0 Å². The number of benzene rings is 1. The maximum absolute atomic E-state index is 11.2. The van der Waals surface area contributed by atoms with Crippen LogP contribution >= 0.6 is 0 Å². The molecule has 0 amide bonds. The highest BCUT2D eigenvalue weighted by molar-refractivity contribution is 5.82. The van der Waals surface area contributed by atoms with Gasteiger partial charge in [0.1, 0.15) is 5.58 Å². The van der Waals surface area contributed by atoms with Crippen molar-refractivity contribution in [2.75, 3.05) is 14.1 Å². The molecule has 4 heteroatoms. The predicted octanol–water partition coefficient (Wildman–Crippen LogP) is 2.76. The Hall–Kier alpha value is -1.81. The number of para-hydroxylation sites is 1. The summed E-state index contributed by atoms with van der Waals surface area (Å²) in [5, 5.41) is 10.2. The summed E-state index contributed by atoms with van der Waals surface area (Å²) >= 11 is 0. The summed E-state index contributed by atoms with van der Waals surface area (Å²) in [6.07, 6.45) is 1.66. The molecule has 1 heterocycles. The normalized spacial score (nSPS) is 14.9.